The van der Waals surface area contributed by atoms with Crippen LogP contribution in [0.1, 0.15) is 81.1 Å². The number of carbonyl (C=O) groups is 1. The minimum atomic E-state index is -4.08. The maximum absolute atomic E-state index is 13.1. The molecule has 4 rings (SSSR count). The summed E-state index contributed by atoms with van der Waals surface area (Å²) in [4.78, 5) is 11.1. The highest BCUT2D eigenvalue weighted by Gasteiger charge is 2.34. The number of nitrogens with zero attached hydrogens (tertiary/aromatic N) is 2. The van der Waals surface area contributed by atoms with E-state index in [4.69, 9.17) is 4.74 Å². The second-order valence-electron chi connectivity index (χ2n) is 12.5. The van der Waals surface area contributed by atoms with Gasteiger partial charge in [-0.3, -0.25) is 4.31 Å². The first-order valence-electron chi connectivity index (χ1n) is 14.8. The van der Waals surface area contributed by atoms with Gasteiger partial charge in [-0.05, 0) is 87.3 Å². The number of ether oxygens (including phenoxy) is 1. The third-order valence-electron chi connectivity index (χ3n) is 8.88. The minimum absolute atomic E-state index is 0.0274. The number of benzene rings is 2. The molecule has 2 aliphatic carbocycles. The molecule has 0 heterocycles. The molecule has 0 aromatic heterocycles. The topological polar surface area (TPSA) is 140 Å². The van der Waals surface area contributed by atoms with Gasteiger partial charge >= 0.3 is 5.97 Å². The van der Waals surface area contributed by atoms with E-state index in [1.807, 2.05) is 6.07 Å². The van der Waals surface area contributed by atoms with Crippen molar-refractivity contribution < 1.29 is 28.2 Å². The molecule has 0 spiro atoms. The molecular weight excluding hydrogens is 554 g/mol. The molecular formula is C32H43N3O6S. The van der Waals surface area contributed by atoms with Crippen molar-refractivity contribution >= 4 is 21.7 Å². The lowest BCUT2D eigenvalue weighted by molar-refractivity contribution is 0.0696. The normalized spacial score (nSPS) is 21.5. The first-order chi connectivity index (χ1) is 19.9. The van der Waals surface area contributed by atoms with Crippen molar-refractivity contribution in [3.05, 3.63) is 53.6 Å². The van der Waals surface area contributed by atoms with E-state index in [9.17, 15) is 28.7 Å². The lowest BCUT2D eigenvalue weighted by Gasteiger charge is -2.42. The number of hydrogen-bond acceptors (Lipinski definition) is 7. The van der Waals surface area contributed by atoms with Crippen LogP contribution in [0.2, 0.25) is 0 Å². The van der Waals surface area contributed by atoms with Gasteiger partial charge in [0.1, 0.15) is 24.5 Å². The number of rotatable bonds is 12. The Morgan fingerprint density at radius 2 is 1.88 bits per heavy atom. The third kappa shape index (κ3) is 7.82. The SMILES string of the molecule is CN(c1ccc(OC[C@H](O)CNC(C)(C)CC2CCC3CCCCC3C2)c(C#N)c1)S(=O)(=O)c1cccc(C(=O)O)c1. The predicted molar refractivity (Wildman–Crippen MR) is 161 cm³/mol. The number of aliphatic hydroxyl groups is 1. The van der Waals surface area contributed by atoms with Crippen LogP contribution in [0.25, 0.3) is 0 Å². The van der Waals surface area contributed by atoms with Gasteiger partial charge in [0, 0.05) is 19.1 Å². The number of aromatic carboxylic acids is 1. The number of β-amino-alcohol motifs (C(OH)–C–C–N with tert-alkyl or cyclic N) is 1. The van der Waals surface area contributed by atoms with E-state index in [0.29, 0.717) is 12.5 Å². The van der Waals surface area contributed by atoms with Gasteiger partial charge in [-0.25, -0.2) is 13.2 Å². The number of nitrogens with one attached hydrogen (secondary N) is 1. The van der Waals surface area contributed by atoms with Gasteiger partial charge in [0.05, 0.1) is 21.7 Å². The molecule has 0 bridgehead atoms. The van der Waals surface area contributed by atoms with Crippen LogP contribution in [-0.4, -0.2) is 56.4 Å². The first kappa shape index (κ1) is 31.8. The maximum Gasteiger partial charge on any atom is 0.335 e. The molecule has 10 heteroatoms. The van der Waals surface area contributed by atoms with E-state index in [-0.39, 0.29) is 39.6 Å². The Kier molecular flexibility index (Phi) is 10.2. The zero-order valence-corrected chi connectivity index (χ0v) is 25.6. The molecule has 3 N–H and O–H groups in total. The number of hydrogen-bond donors (Lipinski definition) is 3. The van der Waals surface area contributed by atoms with Crippen LogP contribution in [0.15, 0.2) is 47.4 Å². The van der Waals surface area contributed by atoms with Gasteiger partial charge in [-0.2, -0.15) is 5.26 Å². The van der Waals surface area contributed by atoms with Crippen LogP contribution in [0.5, 0.6) is 5.75 Å². The Hall–Kier alpha value is -3.13. The molecule has 0 radical (unpaired) electrons. The highest BCUT2D eigenvalue weighted by molar-refractivity contribution is 7.92. The van der Waals surface area contributed by atoms with Crippen molar-refractivity contribution in [1.82, 2.24) is 5.32 Å². The summed E-state index contributed by atoms with van der Waals surface area (Å²) in [7, 11) is -2.75. The fraction of sp³-hybridized carbons (Fsp3) is 0.562. The zero-order chi connectivity index (χ0) is 30.5. The highest BCUT2D eigenvalue weighted by Crippen LogP contribution is 2.44. The zero-order valence-electron chi connectivity index (χ0n) is 24.8. The van der Waals surface area contributed by atoms with Crippen molar-refractivity contribution in [2.75, 3.05) is 24.5 Å². The molecule has 0 aliphatic heterocycles. The molecule has 2 aliphatic rings. The van der Waals surface area contributed by atoms with Gasteiger partial charge in [0.2, 0.25) is 0 Å². The van der Waals surface area contributed by atoms with Crippen molar-refractivity contribution in [1.29, 1.82) is 5.26 Å². The van der Waals surface area contributed by atoms with Crippen LogP contribution in [0.4, 0.5) is 5.69 Å². The van der Waals surface area contributed by atoms with E-state index >= 15 is 0 Å². The molecule has 2 aromatic carbocycles. The van der Waals surface area contributed by atoms with Gasteiger partial charge < -0.3 is 20.3 Å². The van der Waals surface area contributed by atoms with Crippen molar-refractivity contribution in [3.8, 4) is 11.8 Å². The number of nitriles is 1. The van der Waals surface area contributed by atoms with Gasteiger partial charge in [-0.15, -0.1) is 0 Å². The maximum atomic E-state index is 13.1. The smallest absolute Gasteiger partial charge is 0.335 e. The van der Waals surface area contributed by atoms with E-state index < -0.39 is 22.1 Å². The first-order valence-corrected chi connectivity index (χ1v) is 16.3. The second kappa shape index (κ2) is 13.4. The summed E-state index contributed by atoms with van der Waals surface area (Å²) in [6.45, 7) is 4.69. The Morgan fingerprint density at radius 3 is 2.60 bits per heavy atom. The number of sulfonamides is 1. The largest absolute Gasteiger partial charge is 0.489 e. The standard InChI is InChI=1S/C32H43N3O6S/c1-32(2,18-22-11-12-23-7-4-5-8-24(23)15-22)34-20-28(36)21-41-30-14-13-27(16-26(30)19-33)35(3)42(39,40)29-10-6-9-25(17-29)31(37)38/h6,9-10,13-14,16-17,22-24,28,34,36H,4-5,7-8,11-12,15,18,20-21H2,1-3H3,(H,37,38)/t22?,23?,24?,28-/m1/s1. The van der Waals surface area contributed by atoms with E-state index in [2.05, 4.69) is 19.2 Å². The molecule has 42 heavy (non-hydrogen) atoms. The van der Waals surface area contributed by atoms with Gasteiger partial charge in [0.25, 0.3) is 10.0 Å². The number of fused-ring (bicyclic) bond motifs is 1. The number of carboxylic acid groups (broad SMARTS) is 1. The molecule has 4 atom stereocenters. The molecule has 228 valence electrons. The summed E-state index contributed by atoms with van der Waals surface area (Å²) in [6, 6.07) is 11.5. The summed E-state index contributed by atoms with van der Waals surface area (Å²) in [5.74, 6) is 1.53. The highest BCUT2D eigenvalue weighted by atomic mass is 32.2. The Balaban J connectivity index is 1.31. The lowest BCUT2D eigenvalue weighted by atomic mass is 9.66. The molecule has 0 amide bonds. The number of carboxylic acids is 1. The fourth-order valence-corrected chi connectivity index (χ4v) is 7.84. The molecule has 9 nitrogen and oxygen atoms in total. The predicted octanol–water partition coefficient (Wildman–Crippen LogP) is 5.19. The summed E-state index contributed by atoms with van der Waals surface area (Å²) >= 11 is 0. The van der Waals surface area contributed by atoms with Crippen LogP contribution in [0.3, 0.4) is 0 Å². The van der Waals surface area contributed by atoms with E-state index in [0.717, 1.165) is 28.6 Å². The van der Waals surface area contributed by atoms with Crippen LogP contribution in [-0.2, 0) is 10.0 Å². The summed E-state index contributed by atoms with van der Waals surface area (Å²) in [6.07, 6.45) is 9.77. The summed E-state index contributed by atoms with van der Waals surface area (Å²) in [5, 5.41) is 33.1. The molecule has 0 saturated heterocycles. The number of anilines is 1. The quantitative estimate of drug-likeness (QED) is 0.304. The van der Waals surface area contributed by atoms with E-state index in [1.54, 1.807) is 0 Å². The minimum Gasteiger partial charge on any atom is -0.489 e. The lowest BCUT2D eigenvalue weighted by Crippen LogP contribution is -2.46. The van der Waals surface area contributed by atoms with Crippen LogP contribution in [0, 0.1) is 29.1 Å². The average molecular weight is 598 g/mol. The molecule has 2 saturated carbocycles. The van der Waals surface area contributed by atoms with Crippen molar-refractivity contribution in [2.45, 2.75) is 81.8 Å². The molecule has 3 unspecified atom stereocenters. The average Bonchev–Trinajstić information content (AvgIpc) is 2.98. The number of aliphatic hydroxyl groups excluding tert-OH is 1. The van der Waals surface area contributed by atoms with E-state index in [1.165, 1.54) is 88.4 Å². The third-order valence-corrected chi connectivity index (χ3v) is 10.7. The molecule has 2 fully saturated rings. The van der Waals surface area contributed by atoms with Crippen LogP contribution >= 0.6 is 0 Å². The Labute approximate surface area is 249 Å². The Bertz CT molecular complexity index is 1400. The Morgan fingerprint density at radius 1 is 1.14 bits per heavy atom. The second-order valence-corrected chi connectivity index (χ2v) is 14.5. The van der Waals surface area contributed by atoms with Crippen LogP contribution < -0.4 is 14.4 Å². The van der Waals surface area contributed by atoms with Crippen molar-refractivity contribution in [3.63, 3.8) is 0 Å². The summed E-state index contributed by atoms with van der Waals surface area (Å²) < 4.78 is 33.0. The molecule has 2 aromatic rings. The van der Waals surface area contributed by atoms with Crippen molar-refractivity contribution in [2.24, 2.45) is 17.8 Å². The fourth-order valence-electron chi connectivity index (χ4n) is 6.60. The summed E-state index contributed by atoms with van der Waals surface area (Å²) in [5.41, 5.74) is 0.0691. The monoisotopic (exact) mass is 597 g/mol. The van der Waals surface area contributed by atoms with Gasteiger partial charge in [-0.1, -0.05) is 38.2 Å². The van der Waals surface area contributed by atoms with Gasteiger partial charge in [0.15, 0.2) is 0 Å².